The van der Waals surface area contributed by atoms with Crippen molar-refractivity contribution >= 4 is 0 Å². The van der Waals surface area contributed by atoms with Gasteiger partial charge in [-0.15, -0.1) is 0 Å². The Morgan fingerprint density at radius 2 is 0.920 bits per heavy atom. The molecule has 0 radical (unpaired) electrons. The Kier molecular flexibility index (Phi) is 8.77. The Balaban J connectivity index is 0.00000288. The first-order valence-corrected chi connectivity index (χ1v) is 11.6. The van der Waals surface area contributed by atoms with E-state index in [2.05, 4.69) is 69.2 Å². The van der Waals surface area contributed by atoms with E-state index in [9.17, 15) is 0 Å². The molecule has 0 unspecified atom stereocenters. The minimum atomic E-state index is -0.762. The summed E-state index contributed by atoms with van der Waals surface area (Å²) >= 11 is -0.762. The van der Waals surface area contributed by atoms with Crippen LogP contribution in [-0.4, -0.2) is 0 Å². The van der Waals surface area contributed by atoms with Crippen molar-refractivity contribution in [2.75, 3.05) is 0 Å². The molecule has 0 spiro atoms. The minimum absolute atomic E-state index is 0. The summed E-state index contributed by atoms with van der Waals surface area (Å²) in [4.78, 5) is 0. The first-order valence-electron chi connectivity index (χ1n) is 9.12. The molecule has 0 aromatic heterocycles. The molecule has 0 N–H and O–H groups in total. The summed E-state index contributed by atoms with van der Waals surface area (Å²) in [6, 6.07) is 0. The van der Waals surface area contributed by atoms with Crippen molar-refractivity contribution in [3.63, 3.8) is 0 Å². The summed E-state index contributed by atoms with van der Waals surface area (Å²) < 4.78 is 3.69. The molecule has 0 saturated heterocycles. The van der Waals surface area contributed by atoms with Gasteiger partial charge in [0.2, 0.25) is 0 Å². The summed E-state index contributed by atoms with van der Waals surface area (Å²) in [6.07, 6.45) is 2.40. The molecule has 0 aromatic rings. The van der Waals surface area contributed by atoms with E-state index in [-0.39, 0.29) is 35.6 Å². The molecule has 0 heterocycles. The van der Waals surface area contributed by atoms with E-state index in [1.54, 1.807) is 33.4 Å². The fraction of sp³-hybridized carbons (Fsp3) is 0.636. The Hall–Kier alpha value is 0.423. The van der Waals surface area contributed by atoms with Crippen LogP contribution < -0.4 is 24.8 Å². The average molecular weight is 461 g/mol. The quantitative estimate of drug-likeness (QED) is 0.591. The smallest absolute Gasteiger partial charge is 1.00 e. The third-order valence-electron chi connectivity index (χ3n) is 6.72. The second-order valence-electron chi connectivity index (χ2n) is 8.29. The van der Waals surface area contributed by atoms with E-state index < -0.39 is 23.2 Å². The van der Waals surface area contributed by atoms with E-state index in [0.29, 0.717) is 0 Å². The van der Waals surface area contributed by atoms with Gasteiger partial charge in [-0.25, -0.2) is 0 Å². The maximum atomic E-state index is 2.46. The second kappa shape index (κ2) is 8.62. The van der Waals surface area contributed by atoms with E-state index in [4.69, 9.17) is 0 Å². The minimum Gasteiger partial charge on any atom is -1.00 e. The van der Waals surface area contributed by atoms with Crippen molar-refractivity contribution in [1.82, 2.24) is 0 Å². The van der Waals surface area contributed by atoms with Gasteiger partial charge in [0.15, 0.2) is 0 Å². The summed E-state index contributed by atoms with van der Waals surface area (Å²) in [5.74, 6) is 0. The Morgan fingerprint density at radius 3 is 1.16 bits per heavy atom. The van der Waals surface area contributed by atoms with Crippen molar-refractivity contribution in [3.8, 4) is 0 Å². The van der Waals surface area contributed by atoms with Gasteiger partial charge in [-0.3, -0.25) is 0 Å². The summed E-state index contributed by atoms with van der Waals surface area (Å²) in [5.41, 5.74) is 10.4. The van der Waals surface area contributed by atoms with Crippen LogP contribution in [0.25, 0.3) is 0 Å². The van der Waals surface area contributed by atoms with Gasteiger partial charge in [0.25, 0.3) is 0 Å². The van der Waals surface area contributed by atoms with Crippen LogP contribution in [0.3, 0.4) is 0 Å². The fourth-order valence-electron chi connectivity index (χ4n) is 4.37. The number of halogens is 2. The Labute approximate surface area is 180 Å². The molecule has 0 aromatic carbocycles. The maximum Gasteiger partial charge on any atom is -1.00 e. The number of hydrogen-bond donors (Lipinski definition) is 0. The average Bonchev–Trinajstić information content (AvgIpc) is 2.75. The zero-order valence-corrected chi connectivity index (χ0v) is 21.6. The maximum absolute atomic E-state index is 2.46. The van der Waals surface area contributed by atoms with Crippen molar-refractivity contribution in [3.05, 3.63) is 40.0 Å². The Morgan fingerprint density at radius 1 is 0.640 bits per heavy atom. The molecular formula is C22H34Cl2Zr. The van der Waals surface area contributed by atoms with Gasteiger partial charge >= 0.3 is 156 Å². The van der Waals surface area contributed by atoms with Gasteiger partial charge in [0, 0.05) is 0 Å². The number of hydrogen-bond acceptors (Lipinski definition) is 0. The van der Waals surface area contributed by atoms with Gasteiger partial charge in [-0.2, -0.15) is 0 Å². The van der Waals surface area contributed by atoms with E-state index >= 15 is 0 Å². The molecule has 3 heteroatoms. The summed E-state index contributed by atoms with van der Waals surface area (Å²) in [7, 11) is 0. The molecule has 0 fully saturated rings. The van der Waals surface area contributed by atoms with Crippen molar-refractivity contribution in [2.45, 2.75) is 82.1 Å². The molecular weight excluding hydrogens is 426 g/mol. The molecule has 0 amide bonds. The van der Waals surface area contributed by atoms with Gasteiger partial charge in [-0.05, 0) is 0 Å². The van der Waals surface area contributed by atoms with Crippen LogP contribution in [0.1, 0.15) is 82.1 Å². The van der Waals surface area contributed by atoms with Crippen LogP contribution in [0.15, 0.2) is 40.0 Å². The molecule has 2 aliphatic carbocycles. The van der Waals surface area contributed by atoms with Crippen molar-refractivity contribution < 1.29 is 48.0 Å². The van der Waals surface area contributed by atoms with E-state index in [0.717, 1.165) is 0 Å². The Bertz CT molecular complexity index is 612. The van der Waals surface area contributed by atoms with Crippen LogP contribution in [0, 0.1) is 10.8 Å². The second-order valence-corrected chi connectivity index (χ2v) is 11.4. The van der Waals surface area contributed by atoms with Crippen LogP contribution in [0.2, 0.25) is 0 Å². The monoisotopic (exact) mass is 458 g/mol. The molecule has 0 bridgehead atoms. The zero-order valence-electron chi connectivity index (χ0n) is 17.7. The van der Waals surface area contributed by atoms with E-state index in [1.807, 2.05) is 6.56 Å². The van der Waals surface area contributed by atoms with Gasteiger partial charge in [0.1, 0.15) is 0 Å². The standard InChI is InChI=1S/2C11H17.2ClH.Zr/c2*1-6-10-7-11(4,5)9(3)8(10)2;;;/h2*6H2,1-5H3;2*1H;/q;;;;+2/p-2. The largest absolute Gasteiger partial charge is 1.00 e. The molecule has 0 aliphatic heterocycles. The van der Waals surface area contributed by atoms with Gasteiger partial charge in [-0.1, -0.05) is 0 Å². The van der Waals surface area contributed by atoms with Gasteiger partial charge < -0.3 is 24.8 Å². The first-order chi connectivity index (χ1) is 10.5. The molecule has 25 heavy (non-hydrogen) atoms. The topological polar surface area (TPSA) is 0 Å². The van der Waals surface area contributed by atoms with Gasteiger partial charge in [0.05, 0.1) is 0 Å². The molecule has 0 nitrogen and oxygen atoms in total. The van der Waals surface area contributed by atoms with Crippen molar-refractivity contribution in [1.29, 1.82) is 0 Å². The van der Waals surface area contributed by atoms with E-state index in [1.165, 1.54) is 12.8 Å². The molecule has 2 aliphatic rings. The number of rotatable bonds is 4. The zero-order chi connectivity index (χ0) is 17.7. The SMILES string of the molecule is CCC1=[C]([Zr+2][C]2=C(CC)C(C)=C(C)C2(C)C)C(C)(C)C(C)=C1C.[Cl-].[Cl-]. The molecule has 140 valence electrons. The predicted octanol–water partition coefficient (Wildman–Crippen LogP) is 1.16. The van der Waals surface area contributed by atoms with Crippen LogP contribution >= 0.6 is 0 Å². The molecule has 0 atom stereocenters. The van der Waals surface area contributed by atoms with Crippen LogP contribution in [0.5, 0.6) is 0 Å². The number of allylic oxidation sites excluding steroid dienone is 8. The summed E-state index contributed by atoms with van der Waals surface area (Å²) in [5, 5.41) is 0. The molecule has 0 saturated carbocycles. The fourth-order valence-corrected chi connectivity index (χ4v) is 9.97. The predicted molar refractivity (Wildman–Crippen MR) is 98.9 cm³/mol. The first kappa shape index (κ1) is 25.4. The molecule has 2 rings (SSSR count). The third kappa shape index (κ3) is 3.86. The summed E-state index contributed by atoms with van der Waals surface area (Å²) in [6.45, 7) is 24.0. The third-order valence-corrected chi connectivity index (χ3v) is 12.5. The van der Waals surface area contributed by atoms with Crippen LogP contribution in [0.4, 0.5) is 0 Å². The van der Waals surface area contributed by atoms with Crippen LogP contribution in [-0.2, 0) is 23.2 Å². The van der Waals surface area contributed by atoms with Crippen molar-refractivity contribution in [2.24, 2.45) is 10.8 Å². The normalized spacial score (nSPS) is 21.5.